The Labute approximate surface area is 142 Å². The smallest absolute Gasteiger partial charge is 0.191 e. The highest BCUT2D eigenvalue weighted by molar-refractivity contribution is 5.86. The molecule has 0 aliphatic carbocycles. The molecule has 0 radical (unpaired) electrons. The molecule has 0 atom stereocenters. The predicted octanol–water partition coefficient (Wildman–Crippen LogP) is 3.02. The molecule has 1 aromatic carbocycles. The van der Waals surface area contributed by atoms with Crippen molar-refractivity contribution in [3.05, 3.63) is 59.7 Å². The van der Waals surface area contributed by atoms with E-state index in [9.17, 15) is 0 Å². The van der Waals surface area contributed by atoms with Crippen LogP contribution in [0.25, 0.3) is 10.9 Å². The van der Waals surface area contributed by atoms with Crippen LogP contribution in [0, 0.1) is 6.92 Å². The third-order valence-electron chi connectivity index (χ3n) is 4.15. The zero-order valence-electron chi connectivity index (χ0n) is 14.2. The fraction of sp³-hybridized carbons (Fsp3) is 0.316. The number of hydrogen-bond acceptors (Lipinski definition) is 2. The Balaban J connectivity index is 1.49. The third-order valence-corrected chi connectivity index (χ3v) is 4.15. The lowest BCUT2D eigenvalue weighted by molar-refractivity contribution is 0.507. The average molecular weight is 324 g/mol. The van der Waals surface area contributed by atoms with Crippen LogP contribution in [0.1, 0.15) is 16.9 Å². The van der Waals surface area contributed by atoms with Gasteiger partial charge in [-0.15, -0.1) is 0 Å². The van der Waals surface area contributed by atoms with E-state index in [1.807, 2.05) is 12.1 Å². The molecule has 0 spiro atoms. The minimum atomic E-state index is 0.791. The molecule has 3 rings (SSSR count). The van der Waals surface area contributed by atoms with Gasteiger partial charge in [-0.05, 0) is 42.7 Å². The van der Waals surface area contributed by atoms with Crippen LogP contribution in [-0.4, -0.2) is 31.1 Å². The Kier molecular flexibility index (Phi) is 5.21. The van der Waals surface area contributed by atoms with Crippen LogP contribution in [0.5, 0.6) is 0 Å². The Morgan fingerprint density at radius 1 is 1.12 bits per heavy atom. The maximum Gasteiger partial charge on any atom is 0.191 e. The summed E-state index contributed by atoms with van der Waals surface area (Å²) in [6.45, 7) is 3.78. The molecule has 0 amide bonds. The van der Waals surface area contributed by atoms with Crippen molar-refractivity contribution >= 4 is 16.9 Å². The van der Waals surface area contributed by atoms with Crippen molar-refractivity contribution in [1.82, 2.24) is 15.6 Å². The first-order valence-electron chi connectivity index (χ1n) is 8.30. The number of nitrogens with zero attached hydrogens (tertiary/aromatic N) is 1. The molecule has 0 saturated carbocycles. The molecule has 3 aromatic rings. The molecular formula is C19H24N4O. The first kappa shape index (κ1) is 16.2. The normalized spacial score (nSPS) is 11.8. The van der Waals surface area contributed by atoms with Crippen molar-refractivity contribution < 1.29 is 4.42 Å². The van der Waals surface area contributed by atoms with E-state index < -0.39 is 0 Å². The summed E-state index contributed by atoms with van der Waals surface area (Å²) in [6.07, 6.45) is 5.59. The molecule has 0 fully saturated rings. The number of rotatable bonds is 6. The quantitative estimate of drug-likeness (QED) is 0.482. The SMILES string of the molecule is CN=C(NCCc1ccco1)NCCc1c[nH]c2cccc(C)c12. The summed E-state index contributed by atoms with van der Waals surface area (Å²) in [7, 11) is 1.79. The number of aryl methyl sites for hydroxylation is 1. The van der Waals surface area contributed by atoms with E-state index in [-0.39, 0.29) is 0 Å². The van der Waals surface area contributed by atoms with Gasteiger partial charge in [0.1, 0.15) is 5.76 Å². The summed E-state index contributed by atoms with van der Waals surface area (Å²) < 4.78 is 5.33. The lowest BCUT2D eigenvalue weighted by atomic mass is 10.1. The van der Waals surface area contributed by atoms with Gasteiger partial charge in [-0.25, -0.2) is 0 Å². The van der Waals surface area contributed by atoms with Crippen LogP contribution in [0.4, 0.5) is 0 Å². The van der Waals surface area contributed by atoms with Gasteiger partial charge >= 0.3 is 0 Å². The van der Waals surface area contributed by atoms with Gasteiger partial charge in [0.2, 0.25) is 0 Å². The van der Waals surface area contributed by atoms with Crippen LogP contribution in [0.15, 0.2) is 52.2 Å². The molecular weight excluding hydrogens is 300 g/mol. The summed E-state index contributed by atoms with van der Waals surface area (Å²) >= 11 is 0. The van der Waals surface area contributed by atoms with E-state index in [2.05, 4.69) is 51.9 Å². The summed E-state index contributed by atoms with van der Waals surface area (Å²) in [5, 5.41) is 8.01. The van der Waals surface area contributed by atoms with Crippen molar-refractivity contribution in [2.75, 3.05) is 20.1 Å². The number of guanidine groups is 1. The summed E-state index contributed by atoms with van der Waals surface area (Å²) in [4.78, 5) is 7.61. The molecule has 126 valence electrons. The van der Waals surface area contributed by atoms with Gasteiger partial charge in [-0.1, -0.05) is 12.1 Å². The number of H-pyrrole nitrogens is 1. The summed E-state index contributed by atoms with van der Waals surface area (Å²) in [5.74, 6) is 1.80. The average Bonchev–Trinajstić information content (AvgIpc) is 3.24. The molecule has 5 nitrogen and oxygen atoms in total. The number of aliphatic imine (C=N–C) groups is 1. The summed E-state index contributed by atoms with van der Waals surface area (Å²) in [5.41, 5.74) is 3.84. The second-order valence-electron chi connectivity index (χ2n) is 5.82. The van der Waals surface area contributed by atoms with Crippen molar-refractivity contribution in [3.63, 3.8) is 0 Å². The molecule has 0 aliphatic rings. The standard InChI is InChI=1S/C19H24N4O/c1-14-5-3-7-17-18(14)15(13-23-17)8-10-21-19(20-2)22-11-9-16-6-4-12-24-16/h3-7,12-13,23H,8-11H2,1-2H3,(H2,20,21,22). The van der Waals surface area contributed by atoms with Gasteiger partial charge in [-0.2, -0.15) is 0 Å². The van der Waals surface area contributed by atoms with Crippen molar-refractivity contribution in [2.45, 2.75) is 19.8 Å². The second kappa shape index (κ2) is 7.73. The Morgan fingerprint density at radius 3 is 2.71 bits per heavy atom. The van der Waals surface area contributed by atoms with Gasteiger partial charge < -0.3 is 20.0 Å². The Hall–Kier alpha value is -2.69. The highest BCUT2D eigenvalue weighted by Crippen LogP contribution is 2.22. The predicted molar refractivity (Wildman–Crippen MR) is 98.5 cm³/mol. The van der Waals surface area contributed by atoms with Gasteiger partial charge in [0.15, 0.2) is 5.96 Å². The van der Waals surface area contributed by atoms with E-state index in [1.54, 1.807) is 13.3 Å². The van der Waals surface area contributed by atoms with Crippen molar-refractivity contribution in [3.8, 4) is 0 Å². The molecule has 3 N–H and O–H groups in total. The monoisotopic (exact) mass is 324 g/mol. The maximum atomic E-state index is 5.33. The molecule has 24 heavy (non-hydrogen) atoms. The summed E-state index contributed by atoms with van der Waals surface area (Å²) in [6, 6.07) is 10.3. The van der Waals surface area contributed by atoms with Crippen LogP contribution >= 0.6 is 0 Å². The first-order chi connectivity index (χ1) is 11.8. The van der Waals surface area contributed by atoms with Gasteiger partial charge in [-0.3, -0.25) is 4.99 Å². The minimum Gasteiger partial charge on any atom is -0.469 e. The van der Waals surface area contributed by atoms with E-state index >= 15 is 0 Å². The topological polar surface area (TPSA) is 65.3 Å². The number of hydrogen-bond donors (Lipinski definition) is 3. The Morgan fingerprint density at radius 2 is 1.96 bits per heavy atom. The molecule has 0 bridgehead atoms. The minimum absolute atomic E-state index is 0.791. The highest BCUT2D eigenvalue weighted by Gasteiger charge is 2.06. The first-order valence-corrected chi connectivity index (χ1v) is 8.30. The fourth-order valence-corrected chi connectivity index (χ4v) is 2.94. The van der Waals surface area contributed by atoms with Crippen molar-refractivity contribution in [1.29, 1.82) is 0 Å². The van der Waals surface area contributed by atoms with E-state index in [1.165, 1.54) is 22.0 Å². The van der Waals surface area contributed by atoms with Gasteiger partial charge in [0, 0.05) is 43.7 Å². The number of fused-ring (bicyclic) bond motifs is 1. The zero-order valence-corrected chi connectivity index (χ0v) is 14.2. The molecule has 5 heteroatoms. The Bertz CT molecular complexity index is 802. The largest absolute Gasteiger partial charge is 0.469 e. The number of benzene rings is 1. The molecule has 2 aromatic heterocycles. The third kappa shape index (κ3) is 3.79. The van der Waals surface area contributed by atoms with E-state index in [0.29, 0.717) is 0 Å². The number of aromatic amines is 1. The zero-order chi connectivity index (χ0) is 16.8. The van der Waals surface area contributed by atoms with Crippen LogP contribution in [0.3, 0.4) is 0 Å². The van der Waals surface area contributed by atoms with Crippen molar-refractivity contribution in [2.24, 2.45) is 4.99 Å². The fourth-order valence-electron chi connectivity index (χ4n) is 2.94. The lowest BCUT2D eigenvalue weighted by Gasteiger charge is -2.11. The number of nitrogens with one attached hydrogen (secondary N) is 3. The number of furan rings is 1. The molecule has 2 heterocycles. The highest BCUT2D eigenvalue weighted by atomic mass is 16.3. The second-order valence-corrected chi connectivity index (χ2v) is 5.82. The van der Waals surface area contributed by atoms with Gasteiger partial charge in [0.05, 0.1) is 6.26 Å². The van der Waals surface area contributed by atoms with Gasteiger partial charge in [0.25, 0.3) is 0 Å². The maximum absolute atomic E-state index is 5.33. The van der Waals surface area contributed by atoms with E-state index in [4.69, 9.17) is 4.42 Å². The molecule has 0 unspecified atom stereocenters. The van der Waals surface area contributed by atoms with Crippen LogP contribution in [-0.2, 0) is 12.8 Å². The van der Waals surface area contributed by atoms with E-state index in [0.717, 1.165) is 37.7 Å². The molecule has 0 saturated heterocycles. The van der Waals surface area contributed by atoms with Crippen LogP contribution in [0.2, 0.25) is 0 Å². The lowest BCUT2D eigenvalue weighted by Crippen LogP contribution is -2.39. The molecule has 0 aliphatic heterocycles. The number of aromatic nitrogens is 1. The van der Waals surface area contributed by atoms with Crippen LogP contribution < -0.4 is 10.6 Å².